The fraction of sp³-hybridized carbons (Fsp3) is 0.474. The molecule has 4 heteroatoms. The average molecular weight is 315 g/mol. The van der Waals surface area contributed by atoms with Crippen LogP contribution >= 0.6 is 0 Å². The summed E-state index contributed by atoms with van der Waals surface area (Å²) in [4.78, 5) is 12.2. The van der Waals surface area contributed by atoms with Crippen molar-refractivity contribution in [2.75, 3.05) is 0 Å². The predicted molar refractivity (Wildman–Crippen MR) is 86.2 cm³/mol. The van der Waals surface area contributed by atoms with Gasteiger partial charge in [0.1, 0.15) is 17.6 Å². The van der Waals surface area contributed by atoms with E-state index in [0.717, 1.165) is 38.2 Å². The van der Waals surface area contributed by atoms with Crippen molar-refractivity contribution in [1.82, 2.24) is 0 Å². The lowest BCUT2D eigenvalue weighted by atomic mass is 9.80. The molecule has 1 saturated carbocycles. The number of hydrogen-bond donors (Lipinski definition) is 0. The first-order chi connectivity index (χ1) is 11.1. The predicted octanol–water partition coefficient (Wildman–Crippen LogP) is 4.77. The fourth-order valence-corrected chi connectivity index (χ4v) is 3.03. The number of carbonyl (C=O) groups is 1. The molecule has 0 N–H and O–H groups in total. The molecule has 0 spiro atoms. The molecule has 1 aromatic rings. The van der Waals surface area contributed by atoms with Crippen LogP contribution in [0, 0.1) is 29.0 Å². The number of benzene rings is 1. The molecule has 0 amide bonds. The quantitative estimate of drug-likeness (QED) is 0.447. The highest BCUT2D eigenvalue weighted by molar-refractivity contribution is 5.75. The molecule has 0 radical (unpaired) electrons. The Labute approximate surface area is 136 Å². The molecule has 122 valence electrons. The summed E-state index contributed by atoms with van der Waals surface area (Å²) >= 11 is 0. The molecular weight excluding hydrogens is 293 g/mol. The summed E-state index contributed by atoms with van der Waals surface area (Å²) in [5.74, 6) is -0.206. The number of nitriles is 1. The van der Waals surface area contributed by atoms with Gasteiger partial charge in [-0.1, -0.05) is 12.2 Å². The molecule has 0 aliphatic heterocycles. The molecule has 2 rings (SSSR count). The van der Waals surface area contributed by atoms with Crippen LogP contribution in [0.25, 0.3) is 0 Å². The van der Waals surface area contributed by atoms with Crippen LogP contribution in [0.5, 0.6) is 5.75 Å². The van der Waals surface area contributed by atoms with E-state index in [0.29, 0.717) is 5.92 Å². The smallest absolute Gasteiger partial charge is 0.314 e. The molecular formula is C19H22FNO2. The van der Waals surface area contributed by atoms with E-state index in [-0.39, 0.29) is 23.2 Å². The minimum absolute atomic E-state index is 0.0496. The maximum absolute atomic E-state index is 13.5. The van der Waals surface area contributed by atoms with Gasteiger partial charge in [0.2, 0.25) is 0 Å². The van der Waals surface area contributed by atoms with E-state index in [2.05, 4.69) is 12.2 Å². The van der Waals surface area contributed by atoms with Gasteiger partial charge in [-0.25, -0.2) is 4.39 Å². The molecule has 0 unspecified atom stereocenters. The summed E-state index contributed by atoms with van der Waals surface area (Å²) < 4.78 is 18.8. The van der Waals surface area contributed by atoms with Crippen molar-refractivity contribution in [3.8, 4) is 11.8 Å². The van der Waals surface area contributed by atoms with Gasteiger partial charge in [-0.05, 0) is 63.5 Å². The van der Waals surface area contributed by atoms with Crippen molar-refractivity contribution in [1.29, 1.82) is 5.26 Å². The highest BCUT2D eigenvalue weighted by Crippen LogP contribution is 2.32. The molecule has 1 aliphatic rings. The molecule has 0 atom stereocenters. The van der Waals surface area contributed by atoms with Crippen molar-refractivity contribution in [2.45, 2.75) is 45.4 Å². The summed E-state index contributed by atoms with van der Waals surface area (Å²) in [6.45, 7) is 2.03. The SMILES string of the molecule is C/C=C/CCC1CCC(C(=O)Oc2ccc(C#N)c(F)c2)CC1. The Balaban J connectivity index is 1.83. The Morgan fingerprint density at radius 2 is 2.13 bits per heavy atom. The van der Waals surface area contributed by atoms with Crippen molar-refractivity contribution in [3.05, 3.63) is 41.7 Å². The minimum atomic E-state index is -0.662. The Bertz CT molecular complexity index is 610. The van der Waals surface area contributed by atoms with E-state index >= 15 is 0 Å². The Morgan fingerprint density at radius 3 is 2.74 bits per heavy atom. The van der Waals surface area contributed by atoms with Crippen molar-refractivity contribution in [2.24, 2.45) is 11.8 Å². The number of nitrogens with zero attached hydrogens (tertiary/aromatic N) is 1. The minimum Gasteiger partial charge on any atom is -0.426 e. The highest BCUT2D eigenvalue weighted by atomic mass is 19.1. The lowest BCUT2D eigenvalue weighted by Gasteiger charge is -2.26. The first-order valence-electron chi connectivity index (χ1n) is 8.16. The number of halogens is 1. The molecule has 0 aromatic heterocycles. The number of allylic oxidation sites excluding steroid dienone is 2. The van der Waals surface area contributed by atoms with Crippen molar-refractivity contribution < 1.29 is 13.9 Å². The second-order valence-corrected chi connectivity index (χ2v) is 6.04. The molecule has 0 heterocycles. The Kier molecular flexibility index (Phi) is 6.34. The summed E-state index contributed by atoms with van der Waals surface area (Å²) in [7, 11) is 0. The lowest BCUT2D eigenvalue weighted by Crippen LogP contribution is -2.25. The van der Waals surface area contributed by atoms with Gasteiger partial charge in [0.25, 0.3) is 0 Å². The Morgan fingerprint density at radius 1 is 1.39 bits per heavy atom. The molecule has 3 nitrogen and oxygen atoms in total. The van der Waals surface area contributed by atoms with E-state index in [9.17, 15) is 9.18 Å². The largest absolute Gasteiger partial charge is 0.426 e. The third-order valence-electron chi connectivity index (χ3n) is 4.44. The molecule has 0 saturated heterocycles. The van der Waals surface area contributed by atoms with Gasteiger partial charge < -0.3 is 4.74 Å². The fourth-order valence-electron chi connectivity index (χ4n) is 3.03. The normalized spacial score (nSPS) is 21.1. The van der Waals surface area contributed by atoms with Crippen LogP contribution in [-0.4, -0.2) is 5.97 Å². The van der Waals surface area contributed by atoms with Crippen LogP contribution in [0.4, 0.5) is 4.39 Å². The maximum atomic E-state index is 13.5. The van der Waals surface area contributed by atoms with Gasteiger partial charge in [-0.15, -0.1) is 0 Å². The van der Waals surface area contributed by atoms with E-state index in [1.54, 1.807) is 6.07 Å². The summed E-state index contributed by atoms with van der Waals surface area (Å²) in [5.41, 5.74) is -0.0496. The van der Waals surface area contributed by atoms with Gasteiger partial charge in [-0.3, -0.25) is 4.79 Å². The number of hydrogen-bond acceptors (Lipinski definition) is 3. The standard InChI is InChI=1S/C19H22FNO2/c1-2-3-4-5-14-6-8-15(9-7-14)19(22)23-17-11-10-16(13-21)18(20)12-17/h2-3,10-12,14-15H,4-9H2,1H3/b3-2+. The molecule has 1 fully saturated rings. The highest BCUT2D eigenvalue weighted by Gasteiger charge is 2.27. The Hall–Kier alpha value is -2.15. The molecule has 1 aliphatic carbocycles. The summed E-state index contributed by atoms with van der Waals surface area (Å²) in [6.07, 6.45) is 10.3. The number of esters is 1. The first-order valence-corrected chi connectivity index (χ1v) is 8.16. The summed E-state index contributed by atoms with van der Waals surface area (Å²) in [5, 5.41) is 8.70. The van der Waals surface area contributed by atoms with E-state index in [4.69, 9.17) is 10.00 Å². The third kappa shape index (κ3) is 4.92. The average Bonchev–Trinajstić information content (AvgIpc) is 2.56. The lowest BCUT2D eigenvalue weighted by molar-refractivity contribution is -0.140. The summed E-state index contributed by atoms with van der Waals surface area (Å²) in [6, 6.07) is 5.63. The van der Waals surface area contributed by atoms with Gasteiger partial charge in [0.05, 0.1) is 11.5 Å². The van der Waals surface area contributed by atoms with Crippen molar-refractivity contribution >= 4 is 5.97 Å². The van der Waals surface area contributed by atoms with E-state index < -0.39 is 5.82 Å². The molecule has 0 bridgehead atoms. The van der Waals surface area contributed by atoms with Gasteiger partial charge >= 0.3 is 5.97 Å². The van der Waals surface area contributed by atoms with Crippen LogP contribution in [0.2, 0.25) is 0 Å². The number of carbonyl (C=O) groups excluding carboxylic acids is 1. The third-order valence-corrected chi connectivity index (χ3v) is 4.44. The maximum Gasteiger partial charge on any atom is 0.314 e. The van der Waals surface area contributed by atoms with Gasteiger partial charge in [-0.2, -0.15) is 5.26 Å². The molecule has 23 heavy (non-hydrogen) atoms. The zero-order chi connectivity index (χ0) is 16.7. The monoisotopic (exact) mass is 315 g/mol. The van der Waals surface area contributed by atoms with Crippen LogP contribution < -0.4 is 4.74 Å². The van der Waals surface area contributed by atoms with Gasteiger partial charge in [0.15, 0.2) is 0 Å². The van der Waals surface area contributed by atoms with Crippen LogP contribution in [0.3, 0.4) is 0 Å². The van der Waals surface area contributed by atoms with Crippen LogP contribution in [0.1, 0.15) is 51.0 Å². The second kappa shape index (κ2) is 8.47. The van der Waals surface area contributed by atoms with E-state index in [1.807, 2.05) is 6.92 Å². The van der Waals surface area contributed by atoms with E-state index in [1.165, 1.54) is 18.6 Å². The molecule has 1 aromatic carbocycles. The second-order valence-electron chi connectivity index (χ2n) is 6.04. The number of rotatable bonds is 5. The van der Waals surface area contributed by atoms with Crippen LogP contribution in [0.15, 0.2) is 30.4 Å². The van der Waals surface area contributed by atoms with Crippen LogP contribution in [-0.2, 0) is 4.79 Å². The first kappa shape index (κ1) is 17.2. The van der Waals surface area contributed by atoms with Gasteiger partial charge in [0, 0.05) is 6.07 Å². The zero-order valence-electron chi connectivity index (χ0n) is 13.4. The topological polar surface area (TPSA) is 50.1 Å². The number of ether oxygens (including phenoxy) is 1. The van der Waals surface area contributed by atoms with Crippen molar-refractivity contribution in [3.63, 3.8) is 0 Å². The zero-order valence-corrected chi connectivity index (χ0v) is 13.4.